The van der Waals surface area contributed by atoms with Crippen LogP contribution in [0.25, 0.3) is 0 Å². The Morgan fingerprint density at radius 2 is 1.81 bits per heavy atom. The molecule has 1 aliphatic rings. The summed E-state index contributed by atoms with van der Waals surface area (Å²) in [6.07, 6.45) is 0.292. The number of amides is 2. The number of nitrogens with one attached hydrogen (secondary N) is 1. The molecular formula is C19H17N3O4. The second-order valence-corrected chi connectivity index (χ2v) is 5.57. The second-order valence-electron chi connectivity index (χ2n) is 5.57. The SMILES string of the molecule is CCC(=O)Oc1ccc(C(=O)NC2=NN(c3ccccc3)C(=O)C2)cc1. The lowest BCUT2D eigenvalue weighted by Crippen LogP contribution is -2.29. The van der Waals surface area contributed by atoms with E-state index in [9.17, 15) is 14.4 Å². The Morgan fingerprint density at radius 1 is 1.12 bits per heavy atom. The summed E-state index contributed by atoms with van der Waals surface area (Å²) in [6.45, 7) is 1.70. The van der Waals surface area contributed by atoms with Crippen LogP contribution in [0.4, 0.5) is 5.69 Å². The largest absolute Gasteiger partial charge is 0.427 e. The number of hydrazone groups is 1. The summed E-state index contributed by atoms with van der Waals surface area (Å²) in [5.74, 6) is -0.294. The van der Waals surface area contributed by atoms with Crippen LogP contribution in [0.3, 0.4) is 0 Å². The number of hydrogen-bond donors (Lipinski definition) is 1. The second kappa shape index (κ2) is 7.60. The highest BCUT2D eigenvalue weighted by molar-refractivity contribution is 6.17. The van der Waals surface area contributed by atoms with Crippen molar-refractivity contribution in [3.05, 3.63) is 60.2 Å². The molecule has 7 nitrogen and oxygen atoms in total. The molecule has 1 aliphatic heterocycles. The molecule has 2 aromatic carbocycles. The highest BCUT2D eigenvalue weighted by atomic mass is 16.5. The number of carbonyl (C=O) groups excluding carboxylic acids is 3. The van der Waals surface area contributed by atoms with Gasteiger partial charge in [-0.05, 0) is 36.4 Å². The highest BCUT2D eigenvalue weighted by Crippen LogP contribution is 2.19. The highest BCUT2D eigenvalue weighted by Gasteiger charge is 2.26. The molecule has 0 bridgehead atoms. The van der Waals surface area contributed by atoms with Crippen LogP contribution in [0.15, 0.2) is 59.7 Å². The lowest BCUT2D eigenvalue weighted by molar-refractivity contribution is -0.134. The summed E-state index contributed by atoms with van der Waals surface area (Å²) in [4.78, 5) is 35.7. The third kappa shape index (κ3) is 3.94. The van der Waals surface area contributed by atoms with Gasteiger partial charge in [-0.2, -0.15) is 10.1 Å². The van der Waals surface area contributed by atoms with Crippen molar-refractivity contribution < 1.29 is 19.1 Å². The van der Waals surface area contributed by atoms with Crippen LogP contribution < -0.4 is 15.1 Å². The van der Waals surface area contributed by atoms with Crippen molar-refractivity contribution in [3.63, 3.8) is 0 Å². The summed E-state index contributed by atoms with van der Waals surface area (Å²) in [7, 11) is 0. The van der Waals surface area contributed by atoms with Crippen LogP contribution in [-0.4, -0.2) is 23.6 Å². The summed E-state index contributed by atoms with van der Waals surface area (Å²) >= 11 is 0. The Hall–Kier alpha value is -3.48. The monoisotopic (exact) mass is 351 g/mol. The first-order chi connectivity index (χ1) is 12.6. The molecule has 0 unspecified atom stereocenters. The van der Waals surface area contributed by atoms with Crippen LogP contribution >= 0.6 is 0 Å². The van der Waals surface area contributed by atoms with Gasteiger partial charge in [0.25, 0.3) is 11.8 Å². The first kappa shape index (κ1) is 17.3. The molecule has 7 heteroatoms. The zero-order valence-electron chi connectivity index (χ0n) is 14.1. The van der Waals surface area contributed by atoms with E-state index in [-0.39, 0.29) is 36.5 Å². The molecule has 26 heavy (non-hydrogen) atoms. The summed E-state index contributed by atoms with van der Waals surface area (Å²) < 4.78 is 5.06. The van der Waals surface area contributed by atoms with Crippen LogP contribution in [0.5, 0.6) is 5.75 Å². The van der Waals surface area contributed by atoms with Gasteiger partial charge in [0.2, 0.25) is 0 Å². The Balaban J connectivity index is 1.66. The van der Waals surface area contributed by atoms with E-state index in [2.05, 4.69) is 10.4 Å². The maximum Gasteiger partial charge on any atom is 0.310 e. The van der Waals surface area contributed by atoms with Crippen molar-refractivity contribution in [2.75, 3.05) is 5.01 Å². The van der Waals surface area contributed by atoms with E-state index in [0.717, 1.165) is 0 Å². The molecule has 3 rings (SSSR count). The first-order valence-electron chi connectivity index (χ1n) is 8.14. The lowest BCUT2D eigenvalue weighted by atomic mass is 10.2. The van der Waals surface area contributed by atoms with Gasteiger partial charge in [-0.25, -0.2) is 0 Å². The maximum atomic E-state index is 12.3. The number of benzene rings is 2. The van der Waals surface area contributed by atoms with E-state index in [1.807, 2.05) is 18.2 Å². The molecule has 132 valence electrons. The third-order valence-electron chi connectivity index (χ3n) is 3.67. The van der Waals surface area contributed by atoms with Gasteiger partial charge in [0.15, 0.2) is 0 Å². The van der Waals surface area contributed by atoms with Crippen molar-refractivity contribution in [1.82, 2.24) is 5.32 Å². The smallest absolute Gasteiger partial charge is 0.310 e. The maximum absolute atomic E-state index is 12.3. The van der Waals surface area contributed by atoms with E-state index in [0.29, 0.717) is 17.0 Å². The Bertz CT molecular complexity index is 860. The zero-order chi connectivity index (χ0) is 18.5. The summed E-state index contributed by atoms with van der Waals surface area (Å²) in [6, 6.07) is 15.2. The van der Waals surface area contributed by atoms with Crippen molar-refractivity contribution in [2.45, 2.75) is 19.8 Å². The number of para-hydroxylation sites is 1. The molecule has 1 N–H and O–H groups in total. The molecule has 0 aromatic heterocycles. The van der Waals surface area contributed by atoms with Crippen molar-refractivity contribution in [3.8, 4) is 5.75 Å². The number of anilines is 1. The van der Waals surface area contributed by atoms with E-state index in [1.54, 1.807) is 43.3 Å². The van der Waals surface area contributed by atoms with E-state index in [1.165, 1.54) is 5.01 Å². The average molecular weight is 351 g/mol. The molecule has 2 amide bonds. The van der Waals surface area contributed by atoms with Crippen LogP contribution in [0.1, 0.15) is 30.1 Å². The topological polar surface area (TPSA) is 88.1 Å². The van der Waals surface area contributed by atoms with Crippen LogP contribution in [0.2, 0.25) is 0 Å². The molecule has 0 fully saturated rings. The fourth-order valence-electron chi connectivity index (χ4n) is 2.35. The van der Waals surface area contributed by atoms with Gasteiger partial charge < -0.3 is 10.1 Å². The van der Waals surface area contributed by atoms with E-state index in [4.69, 9.17) is 4.74 Å². The predicted octanol–water partition coefficient (Wildman–Crippen LogP) is 2.48. The van der Waals surface area contributed by atoms with Gasteiger partial charge >= 0.3 is 5.97 Å². The molecule has 0 saturated heterocycles. The predicted molar refractivity (Wildman–Crippen MR) is 95.8 cm³/mol. The number of rotatable bonds is 4. The molecule has 0 radical (unpaired) electrons. The number of nitrogens with zero attached hydrogens (tertiary/aromatic N) is 2. The van der Waals surface area contributed by atoms with Crippen molar-refractivity contribution >= 4 is 29.3 Å². The quantitative estimate of drug-likeness (QED) is 0.677. The van der Waals surface area contributed by atoms with Gasteiger partial charge in [-0.1, -0.05) is 25.1 Å². The molecule has 0 aliphatic carbocycles. The first-order valence-corrected chi connectivity index (χ1v) is 8.14. The molecule has 0 atom stereocenters. The van der Waals surface area contributed by atoms with Crippen molar-refractivity contribution in [1.29, 1.82) is 0 Å². The normalized spacial score (nSPS) is 13.3. The summed E-state index contributed by atoms with van der Waals surface area (Å²) in [5.41, 5.74) is 1.01. The van der Waals surface area contributed by atoms with Gasteiger partial charge in [-0.15, -0.1) is 0 Å². The number of ether oxygens (including phenoxy) is 1. The van der Waals surface area contributed by atoms with Gasteiger partial charge in [-0.3, -0.25) is 14.4 Å². The number of hydrogen-bond acceptors (Lipinski definition) is 5. The van der Waals surface area contributed by atoms with Crippen LogP contribution in [-0.2, 0) is 9.59 Å². The summed E-state index contributed by atoms with van der Waals surface area (Å²) in [5, 5.41) is 8.08. The standard InChI is InChI=1S/C19H17N3O4/c1-2-18(24)26-15-10-8-13(9-11-15)19(25)20-16-12-17(23)22(21-16)14-6-4-3-5-7-14/h3-11H,2,12H2,1H3,(H,20,21,25). The van der Waals surface area contributed by atoms with E-state index < -0.39 is 0 Å². The van der Waals surface area contributed by atoms with E-state index >= 15 is 0 Å². The molecule has 2 aromatic rings. The fraction of sp³-hybridized carbons (Fsp3) is 0.158. The minimum absolute atomic E-state index is 0.0207. The number of amidine groups is 1. The molecular weight excluding hydrogens is 334 g/mol. The fourth-order valence-corrected chi connectivity index (χ4v) is 2.35. The Labute approximate surface area is 150 Å². The van der Waals surface area contributed by atoms with Gasteiger partial charge in [0, 0.05) is 12.0 Å². The van der Waals surface area contributed by atoms with Gasteiger partial charge in [0.1, 0.15) is 11.6 Å². The molecule has 0 saturated carbocycles. The number of carbonyl (C=O) groups is 3. The number of esters is 1. The van der Waals surface area contributed by atoms with Gasteiger partial charge in [0.05, 0.1) is 12.1 Å². The molecule has 0 spiro atoms. The minimum atomic E-state index is -0.389. The third-order valence-corrected chi connectivity index (χ3v) is 3.67. The Kier molecular flexibility index (Phi) is 5.07. The Morgan fingerprint density at radius 3 is 2.46 bits per heavy atom. The van der Waals surface area contributed by atoms with Crippen molar-refractivity contribution in [2.24, 2.45) is 5.10 Å². The lowest BCUT2D eigenvalue weighted by Gasteiger charge is -2.10. The van der Waals surface area contributed by atoms with Crippen LogP contribution in [0, 0.1) is 0 Å². The molecule has 1 heterocycles. The minimum Gasteiger partial charge on any atom is -0.427 e. The zero-order valence-corrected chi connectivity index (χ0v) is 14.1. The average Bonchev–Trinajstić information content (AvgIpc) is 3.03.